The largest absolute Gasteiger partial charge is 0.368 e. The molecule has 0 spiro atoms. The van der Waals surface area contributed by atoms with Crippen LogP contribution in [0.2, 0.25) is 0 Å². The predicted molar refractivity (Wildman–Crippen MR) is 125 cm³/mol. The highest BCUT2D eigenvalue weighted by molar-refractivity contribution is 5.35. The number of allylic oxidation sites excluding steroid dienone is 2. The van der Waals surface area contributed by atoms with Crippen molar-refractivity contribution in [1.82, 2.24) is 19.6 Å². The molecule has 12 heteroatoms. The van der Waals surface area contributed by atoms with Crippen molar-refractivity contribution in [3.05, 3.63) is 81.5 Å². The second-order valence-corrected chi connectivity index (χ2v) is 7.44. The summed E-state index contributed by atoms with van der Waals surface area (Å²) in [6.45, 7) is 8.05. The van der Waals surface area contributed by atoms with E-state index in [0.29, 0.717) is 37.4 Å². The molecule has 0 radical (unpaired) electrons. The molecule has 0 bridgehead atoms. The van der Waals surface area contributed by atoms with E-state index in [1.54, 1.807) is 26.2 Å². The molecule has 1 aliphatic heterocycles. The van der Waals surface area contributed by atoms with Crippen LogP contribution in [0, 0.1) is 20.2 Å². The van der Waals surface area contributed by atoms with Crippen molar-refractivity contribution in [2.75, 3.05) is 13.2 Å². The van der Waals surface area contributed by atoms with Gasteiger partial charge in [-0.1, -0.05) is 24.3 Å². The lowest BCUT2D eigenvalue weighted by Gasteiger charge is -2.16. The van der Waals surface area contributed by atoms with Crippen molar-refractivity contribution in [3.8, 4) is 0 Å². The van der Waals surface area contributed by atoms with Crippen LogP contribution in [0.1, 0.15) is 49.3 Å². The third-order valence-electron chi connectivity index (χ3n) is 5.14. The number of ether oxygens (including phenoxy) is 2. The normalized spacial score (nSPS) is 16.1. The average molecular weight is 475 g/mol. The van der Waals surface area contributed by atoms with Crippen LogP contribution in [0.5, 0.6) is 0 Å². The van der Waals surface area contributed by atoms with Gasteiger partial charge in [0.25, 0.3) is 0 Å². The summed E-state index contributed by atoms with van der Waals surface area (Å²) in [5.41, 5.74) is 1.04. The molecule has 0 saturated heterocycles. The summed E-state index contributed by atoms with van der Waals surface area (Å²) in [4.78, 5) is 20.9. The van der Waals surface area contributed by atoms with E-state index in [4.69, 9.17) is 9.47 Å². The van der Waals surface area contributed by atoms with Crippen LogP contribution in [0.15, 0.2) is 49.9 Å². The van der Waals surface area contributed by atoms with Crippen molar-refractivity contribution >= 4 is 11.4 Å². The van der Waals surface area contributed by atoms with Gasteiger partial charge >= 0.3 is 11.4 Å². The van der Waals surface area contributed by atoms with Gasteiger partial charge in [0.2, 0.25) is 0 Å². The highest BCUT2D eigenvalue weighted by Crippen LogP contribution is 2.32. The maximum atomic E-state index is 10.9. The summed E-state index contributed by atoms with van der Waals surface area (Å²) < 4.78 is 14.1. The monoisotopic (exact) mass is 474 g/mol. The van der Waals surface area contributed by atoms with Crippen LogP contribution in [0.4, 0.5) is 11.4 Å². The van der Waals surface area contributed by atoms with Gasteiger partial charge in [-0.3, -0.25) is 29.6 Å². The Morgan fingerprint density at radius 2 is 1.82 bits per heavy atom. The molecule has 0 amide bonds. The second kappa shape index (κ2) is 13.2. The SMILES string of the molecule is C=CCCC(OCC=C)c1c([N+](=O)[O-])cnn1C.Cn1ncc([N+](=O)[O-])c1C1CCC=CCO1. The first kappa shape index (κ1) is 26.6. The first-order valence-electron chi connectivity index (χ1n) is 10.7. The fraction of sp³-hybridized carbons (Fsp3) is 0.455. The summed E-state index contributed by atoms with van der Waals surface area (Å²) >= 11 is 0. The van der Waals surface area contributed by atoms with E-state index in [1.165, 1.54) is 21.8 Å². The van der Waals surface area contributed by atoms with E-state index < -0.39 is 9.85 Å². The molecule has 2 atom stereocenters. The summed E-state index contributed by atoms with van der Waals surface area (Å²) in [6.07, 6.45) is 12.2. The van der Waals surface area contributed by atoms with E-state index in [0.717, 1.165) is 12.8 Å². The van der Waals surface area contributed by atoms with E-state index in [-0.39, 0.29) is 23.6 Å². The van der Waals surface area contributed by atoms with Gasteiger partial charge in [-0.15, -0.1) is 13.2 Å². The van der Waals surface area contributed by atoms with Crippen LogP contribution < -0.4 is 0 Å². The molecule has 0 fully saturated rings. The Kier molecular flexibility index (Phi) is 10.3. The number of hydrogen-bond acceptors (Lipinski definition) is 8. The fourth-order valence-corrected chi connectivity index (χ4v) is 3.56. The van der Waals surface area contributed by atoms with Crippen LogP contribution in [0.25, 0.3) is 0 Å². The van der Waals surface area contributed by atoms with Crippen molar-refractivity contribution in [3.63, 3.8) is 0 Å². The molecular weight excluding hydrogens is 444 g/mol. The summed E-state index contributed by atoms with van der Waals surface area (Å²) in [7, 11) is 3.37. The van der Waals surface area contributed by atoms with Gasteiger partial charge < -0.3 is 9.47 Å². The second-order valence-electron chi connectivity index (χ2n) is 7.44. The molecule has 0 saturated carbocycles. The molecule has 2 aromatic heterocycles. The molecule has 3 heterocycles. The molecule has 2 unspecified atom stereocenters. The Bertz CT molecular complexity index is 1010. The third kappa shape index (κ3) is 6.93. The molecule has 0 N–H and O–H groups in total. The lowest BCUT2D eigenvalue weighted by Crippen LogP contribution is -2.11. The average Bonchev–Trinajstić information content (AvgIpc) is 3.27. The lowest BCUT2D eigenvalue weighted by atomic mass is 10.1. The summed E-state index contributed by atoms with van der Waals surface area (Å²) in [5.74, 6) is 0. The van der Waals surface area contributed by atoms with Crippen molar-refractivity contribution in [1.29, 1.82) is 0 Å². The smallest absolute Gasteiger partial charge is 0.312 e. The minimum Gasteiger partial charge on any atom is -0.368 e. The molecule has 34 heavy (non-hydrogen) atoms. The Balaban J connectivity index is 0.000000241. The van der Waals surface area contributed by atoms with Crippen LogP contribution in [0.3, 0.4) is 0 Å². The molecule has 0 aromatic carbocycles. The van der Waals surface area contributed by atoms with E-state index in [9.17, 15) is 20.2 Å². The molecule has 184 valence electrons. The Hall–Kier alpha value is -3.64. The summed E-state index contributed by atoms with van der Waals surface area (Å²) in [6, 6.07) is 0. The molecule has 2 aromatic rings. The van der Waals surface area contributed by atoms with Gasteiger partial charge in [0.1, 0.15) is 36.0 Å². The highest BCUT2D eigenvalue weighted by atomic mass is 16.6. The summed E-state index contributed by atoms with van der Waals surface area (Å²) in [5, 5.41) is 29.6. The van der Waals surface area contributed by atoms with Crippen LogP contribution in [-0.2, 0) is 23.6 Å². The Morgan fingerprint density at radius 1 is 1.15 bits per heavy atom. The third-order valence-corrected chi connectivity index (χ3v) is 5.14. The maximum Gasteiger partial charge on any atom is 0.312 e. The number of nitrogens with zero attached hydrogens (tertiary/aromatic N) is 6. The number of rotatable bonds is 10. The Morgan fingerprint density at radius 3 is 2.47 bits per heavy atom. The first-order chi connectivity index (χ1) is 16.3. The van der Waals surface area contributed by atoms with Crippen LogP contribution >= 0.6 is 0 Å². The Labute approximate surface area is 197 Å². The number of hydrogen-bond donors (Lipinski definition) is 0. The predicted octanol–water partition coefficient (Wildman–Crippen LogP) is 4.27. The zero-order valence-corrected chi connectivity index (χ0v) is 19.4. The molecular formula is C22H30N6O6. The molecule has 3 rings (SSSR count). The first-order valence-corrected chi connectivity index (χ1v) is 10.7. The molecule has 1 aliphatic rings. The van der Waals surface area contributed by atoms with E-state index in [2.05, 4.69) is 23.4 Å². The lowest BCUT2D eigenvalue weighted by molar-refractivity contribution is -0.386. The molecule has 12 nitrogen and oxygen atoms in total. The van der Waals surface area contributed by atoms with Gasteiger partial charge in [-0.25, -0.2) is 0 Å². The minimum atomic E-state index is -0.444. The minimum absolute atomic E-state index is 0.0179. The standard InChI is InChI=1S/C12H17N3O3.C10H13N3O3/c1-4-6-7-11(18-8-5-2)12-10(15(16)17)9-13-14(12)3;1-12-10(8(7-11-12)13(14)15)9-5-3-2-4-6-16-9/h4-5,9,11H,1-2,6-8H2,3H3;2,4,7,9H,3,5-6H2,1H3. The quantitative estimate of drug-likeness (QED) is 0.282. The number of aromatic nitrogens is 4. The van der Waals surface area contributed by atoms with E-state index in [1.807, 2.05) is 12.2 Å². The van der Waals surface area contributed by atoms with Crippen molar-refractivity contribution in [2.45, 2.75) is 37.9 Å². The number of aryl methyl sites for hydroxylation is 2. The van der Waals surface area contributed by atoms with Crippen LogP contribution in [-0.4, -0.2) is 42.6 Å². The molecule has 0 aliphatic carbocycles. The zero-order chi connectivity index (χ0) is 25.1. The number of nitro groups is 2. The topological polar surface area (TPSA) is 140 Å². The zero-order valence-electron chi connectivity index (χ0n) is 19.4. The van der Waals surface area contributed by atoms with Crippen molar-refractivity contribution < 1.29 is 19.3 Å². The fourth-order valence-electron chi connectivity index (χ4n) is 3.56. The maximum absolute atomic E-state index is 10.9. The van der Waals surface area contributed by atoms with Gasteiger partial charge in [-0.2, -0.15) is 10.2 Å². The van der Waals surface area contributed by atoms with E-state index >= 15 is 0 Å². The van der Waals surface area contributed by atoms with Gasteiger partial charge in [0.05, 0.1) is 23.1 Å². The van der Waals surface area contributed by atoms with Gasteiger partial charge in [-0.05, 0) is 25.7 Å². The van der Waals surface area contributed by atoms with Gasteiger partial charge in [0.15, 0.2) is 0 Å². The van der Waals surface area contributed by atoms with Crippen molar-refractivity contribution in [2.24, 2.45) is 14.1 Å². The van der Waals surface area contributed by atoms with Gasteiger partial charge in [0, 0.05) is 14.1 Å². The highest BCUT2D eigenvalue weighted by Gasteiger charge is 2.28.